The Bertz CT molecular complexity index is 1030. The molecule has 0 N–H and O–H groups in total. The minimum atomic E-state index is 0.0365. The number of aryl methyl sites for hydroxylation is 1. The molecule has 0 saturated heterocycles. The van der Waals surface area contributed by atoms with Crippen molar-refractivity contribution in [2.75, 3.05) is 0 Å². The third kappa shape index (κ3) is 2.53. The van der Waals surface area contributed by atoms with Gasteiger partial charge in [-0.15, -0.1) is 11.3 Å². The van der Waals surface area contributed by atoms with Crippen molar-refractivity contribution in [3.63, 3.8) is 0 Å². The van der Waals surface area contributed by atoms with Crippen LogP contribution in [0.15, 0.2) is 35.4 Å². The summed E-state index contributed by atoms with van der Waals surface area (Å²) in [5.74, 6) is 0.682. The topological polar surface area (TPSA) is 58.7 Å². The Balaban J connectivity index is 1.79. The second kappa shape index (κ2) is 5.88. The molecule has 0 bridgehead atoms. The molecule has 0 spiro atoms. The Hall–Kier alpha value is -2.45. The van der Waals surface area contributed by atoms with Gasteiger partial charge in [-0.25, -0.2) is 4.98 Å². The van der Waals surface area contributed by atoms with Crippen LogP contribution in [-0.2, 0) is 19.4 Å². The van der Waals surface area contributed by atoms with Crippen LogP contribution in [0.5, 0.6) is 0 Å². The highest BCUT2D eigenvalue weighted by molar-refractivity contribution is 7.18. The van der Waals surface area contributed by atoms with Gasteiger partial charge >= 0.3 is 0 Å². The lowest BCUT2D eigenvalue weighted by Crippen LogP contribution is -2.22. The minimum Gasteiger partial charge on any atom is -0.294 e. The van der Waals surface area contributed by atoms with E-state index in [0.29, 0.717) is 18.0 Å². The molecule has 24 heavy (non-hydrogen) atoms. The van der Waals surface area contributed by atoms with E-state index in [0.717, 1.165) is 35.0 Å². The third-order valence-electron chi connectivity index (χ3n) is 4.69. The monoisotopic (exact) mass is 335 g/mol. The minimum absolute atomic E-state index is 0.0365. The van der Waals surface area contributed by atoms with Crippen molar-refractivity contribution in [3.8, 4) is 6.07 Å². The fourth-order valence-corrected chi connectivity index (χ4v) is 4.76. The molecule has 2 aromatic heterocycles. The maximum atomic E-state index is 13.0. The molecule has 3 aromatic rings. The lowest BCUT2D eigenvalue weighted by Gasteiger charge is -2.17. The summed E-state index contributed by atoms with van der Waals surface area (Å²) in [6.07, 6.45) is 4.80. The zero-order chi connectivity index (χ0) is 16.7. The molecule has 5 heteroatoms. The van der Waals surface area contributed by atoms with Crippen LogP contribution in [0.1, 0.15) is 34.9 Å². The lowest BCUT2D eigenvalue weighted by atomic mass is 9.89. The number of nitrogens with zero attached hydrogens (tertiary/aromatic N) is 3. The average molecular weight is 335 g/mol. The fourth-order valence-electron chi connectivity index (χ4n) is 3.41. The van der Waals surface area contributed by atoms with Crippen molar-refractivity contribution >= 4 is 21.6 Å². The first-order valence-corrected chi connectivity index (χ1v) is 8.96. The van der Waals surface area contributed by atoms with Gasteiger partial charge < -0.3 is 0 Å². The molecule has 4 nitrogen and oxygen atoms in total. The average Bonchev–Trinajstić information content (AvgIpc) is 2.95. The molecule has 0 radical (unpaired) electrons. The quantitative estimate of drug-likeness (QED) is 0.720. The first-order valence-electron chi connectivity index (χ1n) is 8.14. The van der Waals surface area contributed by atoms with Crippen LogP contribution in [-0.4, -0.2) is 9.55 Å². The van der Waals surface area contributed by atoms with Gasteiger partial charge in [-0.05, 0) is 48.4 Å². The lowest BCUT2D eigenvalue weighted by molar-refractivity contribution is 0.509. The van der Waals surface area contributed by atoms with Gasteiger partial charge in [0.1, 0.15) is 4.83 Å². The van der Waals surface area contributed by atoms with E-state index in [1.165, 1.54) is 10.4 Å². The van der Waals surface area contributed by atoms with Gasteiger partial charge in [-0.3, -0.25) is 9.36 Å². The predicted molar refractivity (Wildman–Crippen MR) is 95.3 cm³/mol. The first kappa shape index (κ1) is 15.1. The number of aromatic nitrogens is 2. The van der Waals surface area contributed by atoms with Crippen LogP contribution in [0.4, 0.5) is 0 Å². The first-order chi connectivity index (χ1) is 11.7. The number of rotatable bonds is 2. The number of thiophene rings is 1. The highest BCUT2D eigenvalue weighted by Crippen LogP contribution is 2.35. The summed E-state index contributed by atoms with van der Waals surface area (Å²) in [5.41, 5.74) is 2.80. The van der Waals surface area contributed by atoms with E-state index in [4.69, 9.17) is 5.26 Å². The van der Waals surface area contributed by atoms with E-state index in [1.807, 2.05) is 18.2 Å². The van der Waals surface area contributed by atoms with E-state index >= 15 is 0 Å². The smallest absolute Gasteiger partial charge is 0.262 e. The second-order valence-electron chi connectivity index (χ2n) is 6.52. The zero-order valence-corrected chi connectivity index (χ0v) is 14.3. The molecule has 0 saturated carbocycles. The highest BCUT2D eigenvalue weighted by Gasteiger charge is 2.23. The molecule has 0 aliphatic heterocycles. The van der Waals surface area contributed by atoms with Crippen molar-refractivity contribution in [1.29, 1.82) is 5.26 Å². The van der Waals surface area contributed by atoms with Crippen LogP contribution < -0.4 is 5.56 Å². The van der Waals surface area contributed by atoms with E-state index in [9.17, 15) is 4.79 Å². The SMILES string of the molecule is C[C@@H]1CCc2c(sc3ncn(Cc4cccc(C#N)c4)c(=O)c23)C1. The molecule has 4 rings (SSSR count). The van der Waals surface area contributed by atoms with Crippen LogP contribution in [0.3, 0.4) is 0 Å². The van der Waals surface area contributed by atoms with Gasteiger partial charge in [0.25, 0.3) is 5.56 Å². The Morgan fingerprint density at radius 2 is 2.33 bits per heavy atom. The van der Waals surface area contributed by atoms with Crippen LogP contribution in [0.25, 0.3) is 10.2 Å². The normalized spacial score (nSPS) is 16.8. The predicted octanol–water partition coefficient (Wildman–Crippen LogP) is 3.50. The standard InChI is InChI=1S/C19H17N3OS/c1-12-5-6-15-16(7-12)24-18-17(15)19(23)22(11-21-18)10-14-4-2-3-13(8-14)9-20/h2-4,8,11-12H,5-7,10H2,1H3/t12-/m1/s1. The number of fused-ring (bicyclic) bond motifs is 3. The number of hydrogen-bond donors (Lipinski definition) is 0. The van der Waals surface area contributed by atoms with Crippen LogP contribution in [0.2, 0.25) is 0 Å². The summed E-state index contributed by atoms with van der Waals surface area (Å²) in [4.78, 5) is 19.7. The number of nitriles is 1. The Labute approximate surface area is 144 Å². The second-order valence-corrected chi connectivity index (χ2v) is 7.61. The van der Waals surface area contributed by atoms with E-state index in [2.05, 4.69) is 18.0 Å². The molecule has 1 atom stereocenters. The van der Waals surface area contributed by atoms with Crippen LogP contribution in [0, 0.1) is 17.2 Å². The van der Waals surface area contributed by atoms with Crippen molar-refractivity contribution in [3.05, 3.63) is 62.5 Å². The molecule has 120 valence electrons. The maximum absolute atomic E-state index is 13.0. The molecule has 0 unspecified atom stereocenters. The molecule has 0 amide bonds. The summed E-state index contributed by atoms with van der Waals surface area (Å²) in [5, 5.41) is 9.83. The van der Waals surface area contributed by atoms with E-state index in [1.54, 1.807) is 28.3 Å². The van der Waals surface area contributed by atoms with Gasteiger partial charge in [0.2, 0.25) is 0 Å². The maximum Gasteiger partial charge on any atom is 0.262 e. The molecule has 2 heterocycles. The summed E-state index contributed by atoms with van der Waals surface area (Å²) < 4.78 is 1.66. The molecule has 1 aliphatic carbocycles. The van der Waals surface area contributed by atoms with Crippen molar-refractivity contribution in [2.45, 2.75) is 32.7 Å². The van der Waals surface area contributed by atoms with Gasteiger partial charge in [0.15, 0.2) is 0 Å². The van der Waals surface area contributed by atoms with Gasteiger partial charge in [-0.2, -0.15) is 5.26 Å². The van der Waals surface area contributed by atoms with Crippen molar-refractivity contribution in [2.24, 2.45) is 5.92 Å². The van der Waals surface area contributed by atoms with E-state index in [-0.39, 0.29) is 5.56 Å². The van der Waals surface area contributed by atoms with Crippen molar-refractivity contribution < 1.29 is 0 Å². The Morgan fingerprint density at radius 3 is 3.17 bits per heavy atom. The zero-order valence-electron chi connectivity index (χ0n) is 13.5. The van der Waals surface area contributed by atoms with Crippen molar-refractivity contribution in [1.82, 2.24) is 9.55 Å². The summed E-state index contributed by atoms with van der Waals surface area (Å²) in [6, 6.07) is 9.50. The van der Waals surface area contributed by atoms with Gasteiger partial charge in [0, 0.05) is 4.88 Å². The summed E-state index contributed by atoms with van der Waals surface area (Å²) >= 11 is 1.67. The largest absolute Gasteiger partial charge is 0.294 e. The molecule has 0 fully saturated rings. The Kier molecular flexibility index (Phi) is 3.70. The van der Waals surface area contributed by atoms with Gasteiger partial charge in [-0.1, -0.05) is 19.1 Å². The van der Waals surface area contributed by atoms with Crippen LogP contribution >= 0.6 is 11.3 Å². The Morgan fingerprint density at radius 1 is 1.46 bits per heavy atom. The number of hydrogen-bond acceptors (Lipinski definition) is 4. The van der Waals surface area contributed by atoms with Gasteiger partial charge in [0.05, 0.1) is 29.9 Å². The van der Waals surface area contributed by atoms with E-state index < -0.39 is 0 Å². The fraction of sp³-hybridized carbons (Fsp3) is 0.316. The molecule has 1 aromatic carbocycles. The number of benzene rings is 1. The third-order valence-corrected chi connectivity index (χ3v) is 5.85. The molecular formula is C19H17N3OS. The highest BCUT2D eigenvalue weighted by atomic mass is 32.1. The summed E-state index contributed by atoms with van der Waals surface area (Å²) in [6.45, 7) is 2.71. The molecule has 1 aliphatic rings. The molecular weight excluding hydrogens is 318 g/mol. The summed E-state index contributed by atoms with van der Waals surface area (Å²) in [7, 11) is 0.